The molecule has 1 aromatic carbocycles. The number of nitro benzene ring substituents is 1. The molecule has 0 saturated carbocycles. The number of aliphatic hydroxyl groups is 1. The predicted molar refractivity (Wildman–Crippen MR) is 74.2 cm³/mol. The number of carbonyl (C=O) groups is 1. The monoisotopic (exact) mass is 282 g/mol. The number of rotatable bonds is 7. The van der Waals surface area contributed by atoms with Gasteiger partial charge < -0.3 is 15.5 Å². The molecule has 0 saturated heterocycles. The van der Waals surface area contributed by atoms with Gasteiger partial charge in [0.05, 0.1) is 10.5 Å². The zero-order valence-corrected chi connectivity index (χ0v) is 11.4. The van der Waals surface area contributed by atoms with E-state index in [2.05, 4.69) is 5.32 Å². The highest BCUT2D eigenvalue weighted by Gasteiger charge is 2.20. The lowest BCUT2D eigenvalue weighted by atomic mass is 10.1. The summed E-state index contributed by atoms with van der Waals surface area (Å²) in [6.07, 6.45) is 1.20. The second-order valence-electron chi connectivity index (χ2n) is 4.49. The fourth-order valence-corrected chi connectivity index (χ4v) is 1.92. The van der Waals surface area contributed by atoms with Gasteiger partial charge in [0.1, 0.15) is 0 Å². The molecule has 0 spiro atoms. The van der Waals surface area contributed by atoms with Gasteiger partial charge in [-0.25, -0.2) is 4.79 Å². The van der Waals surface area contributed by atoms with Crippen LogP contribution in [0.1, 0.15) is 35.7 Å². The lowest BCUT2D eigenvalue weighted by Gasteiger charge is -2.19. The lowest BCUT2D eigenvalue weighted by molar-refractivity contribution is -0.385. The van der Waals surface area contributed by atoms with Crippen molar-refractivity contribution in [3.05, 3.63) is 33.4 Å². The Labute approximate surface area is 116 Å². The first-order chi connectivity index (χ1) is 9.40. The van der Waals surface area contributed by atoms with Crippen molar-refractivity contribution in [2.45, 2.75) is 32.7 Å². The van der Waals surface area contributed by atoms with Gasteiger partial charge in [-0.2, -0.15) is 0 Å². The third-order valence-electron chi connectivity index (χ3n) is 3.15. The summed E-state index contributed by atoms with van der Waals surface area (Å²) in [7, 11) is 0. The Morgan fingerprint density at radius 3 is 2.60 bits per heavy atom. The summed E-state index contributed by atoms with van der Waals surface area (Å²) in [6.45, 7) is 3.47. The summed E-state index contributed by atoms with van der Waals surface area (Å²) in [5.74, 6) is -1.22. The van der Waals surface area contributed by atoms with Crippen LogP contribution in [-0.2, 0) is 0 Å². The van der Waals surface area contributed by atoms with E-state index in [4.69, 9.17) is 10.2 Å². The number of nitrogens with zero attached hydrogens (tertiary/aromatic N) is 1. The molecule has 0 aromatic heterocycles. The Kier molecular flexibility index (Phi) is 5.45. The number of hydrogen-bond donors (Lipinski definition) is 3. The van der Waals surface area contributed by atoms with Crippen molar-refractivity contribution in [3.8, 4) is 0 Å². The van der Waals surface area contributed by atoms with Crippen LogP contribution >= 0.6 is 0 Å². The first-order valence-corrected chi connectivity index (χ1v) is 6.30. The highest BCUT2D eigenvalue weighted by atomic mass is 16.6. The summed E-state index contributed by atoms with van der Waals surface area (Å²) in [6, 6.07) is 2.36. The Morgan fingerprint density at radius 2 is 2.15 bits per heavy atom. The Morgan fingerprint density at radius 1 is 1.50 bits per heavy atom. The van der Waals surface area contributed by atoms with E-state index in [1.807, 2.05) is 6.92 Å². The summed E-state index contributed by atoms with van der Waals surface area (Å²) in [5.41, 5.74) is 0.434. The van der Waals surface area contributed by atoms with Gasteiger partial charge in [0, 0.05) is 30.0 Å². The molecule has 110 valence electrons. The molecule has 0 amide bonds. The van der Waals surface area contributed by atoms with Gasteiger partial charge in [-0.15, -0.1) is 0 Å². The highest BCUT2D eigenvalue weighted by Crippen LogP contribution is 2.29. The van der Waals surface area contributed by atoms with E-state index >= 15 is 0 Å². The van der Waals surface area contributed by atoms with E-state index in [1.165, 1.54) is 6.07 Å². The van der Waals surface area contributed by atoms with Gasteiger partial charge in [0.25, 0.3) is 5.69 Å². The molecule has 1 unspecified atom stereocenters. The maximum Gasteiger partial charge on any atom is 0.336 e. The molecule has 0 fully saturated rings. The molecular weight excluding hydrogens is 264 g/mol. The molecule has 0 aliphatic carbocycles. The average molecular weight is 282 g/mol. The second-order valence-corrected chi connectivity index (χ2v) is 4.49. The molecule has 1 aromatic rings. The van der Waals surface area contributed by atoms with Crippen molar-refractivity contribution in [3.63, 3.8) is 0 Å². The molecule has 0 radical (unpaired) electrons. The van der Waals surface area contributed by atoms with Gasteiger partial charge >= 0.3 is 5.97 Å². The standard InChI is InChI=1S/C13H18N2O5/c1-3-10(4-5-16)14-11-6-9(13(17)18)7-12(8(11)2)15(19)20/h6-7,10,14,16H,3-5H2,1-2H3,(H,17,18). The molecule has 20 heavy (non-hydrogen) atoms. The van der Waals surface area contributed by atoms with Crippen molar-refractivity contribution in [1.29, 1.82) is 0 Å². The van der Waals surface area contributed by atoms with Crippen LogP contribution in [0.4, 0.5) is 11.4 Å². The van der Waals surface area contributed by atoms with E-state index in [9.17, 15) is 14.9 Å². The van der Waals surface area contributed by atoms with Crippen LogP contribution in [0, 0.1) is 17.0 Å². The predicted octanol–water partition coefficient (Wildman–Crippen LogP) is 2.17. The van der Waals surface area contributed by atoms with E-state index in [-0.39, 0.29) is 23.9 Å². The zero-order valence-electron chi connectivity index (χ0n) is 11.4. The van der Waals surface area contributed by atoms with Crippen LogP contribution < -0.4 is 5.32 Å². The van der Waals surface area contributed by atoms with Gasteiger partial charge in [-0.1, -0.05) is 6.92 Å². The molecule has 0 aliphatic heterocycles. The van der Waals surface area contributed by atoms with Crippen molar-refractivity contribution in [2.75, 3.05) is 11.9 Å². The maximum absolute atomic E-state index is 11.0. The number of anilines is 1. The third kappa shape index (κ3) is 3.67. The van der Waals surface area contributed by atoms with Gasteiger partial charge in [0.15, 0.2) is 0 Å². The van der Waals surface area contributed by atoms with Crippen molar-refractivity contribution < 1.29 is 19.9 Å². The third-order valence-corrected chi connectivity index (χ3v) is 3.15. The largest absolute Gasteiger partial charge is 0.478 e. The minimum absolute atomic E-state index is 0.00866. The molecular formula is C13H18N2O5. The number of aliphatic hydroxyl groups excluding tert-OH is 1. The Bertz CT molecular complexity index is 516. The van der Waals surface area contributed by atoms with E-state index in [0.717, 1.165) is 6.07 Å². The highest BCUT2D eigenvalue weighted by molar-refractivity contribution is 5.90. The van der Waals surface area contributed by atoms with E-state index in [1.54, 1.807) is 6.92 Å². The van der Waals surface area contributed by atoms with Crippen LogP contribution in [0.5, 0.6) is 0 Å². The molecule has 0 bridgehead atoms. The van der Waals surface area contributed by atoms with Crippen LogP contribution in [0.15, 0.2) is 12.1 Å². The number of carboxylic acid groups (broad SMARTS) is 1. The minimum atomic E-state index is -1.22. The molecule has 1 rings (SSSR count). The number of aromatic carboxylic acids is 1. The van der Waals surface area contributed by atoms with Crippen LogP contribution in [-0.4, -0.2) is 33.8 Å². The Hall–Kier alpha value is -2.15. The van der Waals surface area contributed by atoms with Crippen molar-refractivity contribution >= 4 is 17.3 Å². The smallest absolute Gasteiger partial charge is 0.336 e. The fourth-order valence-electron chi connectivity index (χ4n) is 1.92. The number of carboxylic acids is 1. The second kappa shape index (κ2) is 6.85. The molecule has 3 N–H and O–H groups in total. The van der Waals surface area contributed by atoms with Gasteiger partial charge in [-0.3, -0.25) is 10.1 Å². The molecule has 0 heterocycles. The summed E-state index contributed by atoms with van der Waals surface area (Å²) in [4.78, 5) is 21.4. The molecule has 7 nitrogen and oxygen atoms in total. The lowest BCUT2D eigenvalue weighted by Crippen LogP contribution is -2.21. The van der Waals surface area contributed by atoms with Crippen molar-refractivity contribution in [2.24, 2.45) is 0 Å². The topological polar surface area (TPSA) is 113 Å². The van der Waals surface area contributed by atoms with Gasteiger partial charge in [-0.05, 0) is 25.8 Å². The maximum atomic E-state index is 11.0. The number of nitro groups is 1. The normalized spacial score (nSPS) is 11.9. The quantitative estimate of drug-likeness (QED) is 0.522. The SMILES string of the molecule is CCC(CCO)Nc1cc(C(=O)O)cc([N+](=O)[O-])c1C. The minimum Gasteiger partial charge on any atom is -0.478 e. The van der Waals surface area contributed by atoms with Gasteiger partial charge in [0.2, 0.25) is 0 Å². The average Bonchev–Trinajstić information content (AvgIpc) is 2.39. The fraction of sp³-hybridized carbons (Fsp3) is 0.462. The van der Waals surface area contributed by atoms with Crippen LogP contribution in [0.3, 0.4) is 0 Å². The van der Waals surface area contributed by atoms with E-state index < -0.39 is 10.9 Å². The number of nitrogens with one attached hydrogen (secondary N) is 1. The molecule has 7 heteroatoms. The first kappa shape index (κ1) is 15.9. The number of benzene rings is 1. The molecule has 0 aliphatic rings. The summed E-state index contributed by atoms with van der Waals surface area (Å²) in [5, 5.41) is 32.0. The Balaban J connectivity index is 3.23. The first-order valence-electron chi connectivity index (χ1n) is 6.30. The van der Waals surface area contributed by atoms with Crippen molar-refractivity contribution in [1.82, 2.24) is 0 Å². The van der Waals surface area contributed by atoms with Crippen LogP contribution in [0.2, 0.25) is 0 Å². The summed E-state index contributed by atoms with van der Waals surface area (Å²) < 4.78 is 0. The zero-order chi connectivity index (χ0) is 15.3. The molecule has 1 atom stereocenters. The number of hydrogen-bond acceptors (Lipinski definition) is 5. The van der Waals surface area contributed by atoms with Crippen LogP contribution in [0.25, 0.3) is 0 Å². The van der Waals surface area contributed by atoms with E-state index in [0.29, 0.717) is 24.1 Å². The summed E-state index contributed by atoms with van der Waals surface area (Å²) >= 11 is 0.